The Bertz CT molecular complexity index is 1780. The Morgan fingerprint density at radius 1 is 1.06 bits per heavy atom. The van der Waals surface area contributed by atoms with Crippen molar-refractivity contribution in [2.45, 2.75) is 83.9 Å². The number of benzene rings is 1. The highest BCUT2D eigenvalue weighted by Crippen LogP contribution is 2.36. The molecular weight excluding hydrogens is 618 g/mol. The number of hydrogen-bond donors (Lipinski definition) is 1. The van der Waals surface area contributed by atoms with Gasteiger partial charge in [-0.1, -0.05) is 30.3 Å². The summed E-state index contributed by atoms with van der Waals surface area (Å²) in [5.74, 6) is 0.323. The number of carbonyl (C=O) groups is 3. The molecule has 0 aliphatic carbocycles. The largest absolute Gasteiger partial charge is 0.444 e. The lowest BCUT2D eigenvalue weighted by molar-refractivity contribution is -0.117. The number of aryl methyl sites for hydroxylation is 1. The molecule has 1 aromatic carbocycles. The summed E-state index contributed by atoms with van der Waals surface area (Å²) in [7, 11) is 0. The summed E-state index contributed by atoms with van der Waals surface area (Å²) in [6, 6.07) is 12.8. The van der Waals surface area contributed by atoms with Crippen LogP contribution in [0.15, 0.2) is 52.3 Å². The normalized spacial score (nSPS) is 18.0. The first-order valence-electron chi connectivity index (χ1n) is 15.8. The topological polar surface area (TPSA) is 144 Å². The van der Waals surface area contributed by atoms with Crippen molar-refractivity contribution in [3.05, 3.63) is 75.7 Å². The number of pyridine rings is 1. The number of amides is 3. The molecule has 0 unspecified atom stereocenters. The molecule has 246 valence electrons. The number of aromatic nitrogens is 4. The highest BCUT2D eigenvalue weighted by atomic mass is 32.1. The van der Waals surface area contributed by atoms with Crippen molar-refractivity contribution in [2.24, 2.45) is 0 Å². The van der Waals surface area contributed by atoms with Crippen molar-refractivity contribution in [1.82, 2.24) is 30.4 Å². The average molecular weight is 658 g/mol. The lowest BCUT2D eigenvalue weighted by Crippen LogP contribution is -2.47. The molecule has 6 rings (SSSR count). The first-order valence-corrected chi connectivity index (χ1v) is 16.7. The van der Waals surface area contributed by atoms with Gasteiger partial charge in [-0.05, 0) is 71.6 Å². The van der Waals surface area contributed by atoms with Gasteiger partial charge in [0.15, 0.2) is 0 Å². The Hall–Kier alpha value is -4.65. The van der Waals surface area contributed by atoms with E-state index in [4.69, 9.17) is 9.15 Å². The lowest BCUT2D eigenvalue weighted by Gasteiger charge is -2.29. The molecule has 3 amide bonds. The maximum Gasteiger partial charge on any atom is 0.408 e. The molecule has 12 nitrogen and oxygen atoms in total. The van der Waals surface area contributed by atoms with E-state index in [1.807, 2.05) is 42.6 Å². The van der Waals surface area contributed by atoms with E-state index in [1.54, 1.807) is 61.0 Å². The number of thiazole rings is 1. The van der Waals surface area contributed by atoms with Crippen LogP contribution < -0.4 is 10.2 Å². The lowest BCUT2D eigenvalue weighted by atomic mass is 9.92. The molecule has 3 aromatic heterocycles. The Kier molecular flexibility index (Phi) is 8.84. The highest BCUT2D eigenvalue weighted by Gasteiger charge is 2.38. The molecule has 47 heavy (non-hydrogen) atoms. The number of ether oxygens (including phenoxy) is 1. The first-order chi connectivity index (χ1) is 22.4. The molecule has 5 heterocycles. The van der Waals surface area contributed by atoms with Gasteiger partial charge in [-0.3, -0.25) is 14.5 Å². The van der Waals surface area contributed by atoms with Gasteiger partial charge in [-0.25, -0.2) is 14.8 Å². The van der Waals surface area contributed by atoms with Crippen molar-refractivity contribution >= 4 is 35.1 Å². The second-order valence-electron chi connectivity index (χ2n) is 13.3. The second-order valence-corrected chi connectivity index (χ2v) is 14.2. The Labute approximate surface area is 277 Å². The maximum atomic E-state index is 14.1. The van der Waals surface area contributed by atoms with Crippen LogP contribution in [0, 0.1) is 6.92 Å². The smallest absolute Gasteiger partial charge is 0.408 e. The van der Waals surface area contributed by atoms with Gasteiger partial charge in [-0.15, -0.1) is 21.5 Å². The van der Waals surface area contributed by atoms with Crippen LogP contribution in [0.1, 0.15) is 92.1 Å². The predicted molar refractivity (Wildman–Crippen MR) is 176 cm³/mol. The summed E-state index contributed by atoms with van der Waals surface area (Å²) in [5.41, 5.74) is 0.629. The van der Waals surface area contributed by atoms with E-state index in [2.05, 4.69) is 25.5 Å². The van der Waals surface area contributed by atoms with Crippen molar-refractivity contribution in [1.29, 1.82) is 0 Å². The van der Waals surface area contributed by atoms with Crippen molar-refractivity contribution in [3.8, 4) is 11.5 Å². The van der Waals surface area contributed by atoms with Crippen LogP contribution >= 0.6 is 11.3 Å². The minimum atomic E-state index is -1.14. The zero-order chi connectivity index (χ0) is 33.3. The van der Waals surface area contributed by atoms with Crippen molar-refractivity contribution in [2.75, 3.05) is 18.0 Å². The number of hydrogen-bond acceptors (Lipinski definition) is 10. The summed E-state index contributed by atoms with van der Waals surface area (Å²) < 4.78 is 11.8. The van der Waals surface area contributed by atoms with Crippen LogP contribution in [-0.4, -0.2) is 61.7 Å². The van der Waals surface area contributed by atoms with Crippen LogP contribution in [-0.2, 0) is 21.5 Å². The third kappa shape index (κ3) is 7.19. The number of nitrogens with one attached hydrogen (secondary N) is 1. The minimum Gasteiger partial charge on any atom is -0.444 e. The van der Waals surface area contributed by atoms with Crippen molar-refractivity contribution in [3.63, 3.8) is 0 Å². The van der Waals surface area contributed by atoms with E-state index in [1.165, 1.54) is 0 Å². The van der Waals surface area contributed by atoms with Gasteiger partial charge in [0, 0.05) is 42.6 Å². The number of rotatable bonds is 8. The molecule has 0 spiro atoms. The SMILES string of the molecule is Cc1csc([C@H]2CCCN2C(=O)c2cc(-c3nnc([C@@](C)(Cc4ccccc4)NC(=O)OC(C)(C)C)o3)cc(N3CCCC3=O)n2)n1. The van der Waals surface area contributed by atoms with Gasteiger partial charge in [0.2, 0.25) is 17.7 Å². The fraction of sp³-hybridized carbons (Fsp3) is 0.441. The zero-order valence-electron chi connectivity index (χ0n) is 27.3. The highest BCUT2D eigenvalue weighted by molar-refractivity contribution is 7.09. The monoisotopic (exact) mass is 657 g/mol. The van der Waals surface area contributed by atoms with E-state index < -0.39 is 17.2 Å². The molecule has 0 bridgehead atoms. The molecule has 0 radical (unpaired) electrons. The minimum absolute atomic E-state index is 0.0615. The van der Waals surface area contributed by atoms with E-state index in [9.17, 15) is 14.4 Å². The van der Waals surface area contributed by atoms with Gasteiger partial charge in [0.25, 0.3) is 5.91 Å². The molecule has 2 aliphatic heterocycles. The Morgan fingerprint density at radius 2 is 1.85 bits per heavy atom. The van der Waals surface area contributed by atoms with Gasteiger partial charge in [0.05, 0.1) is 6.04 Å². The van der Waals surface area contributed by atoms with Crippen LogP contribution in [0.2, 0.25) is 0 Å². The molecule has 1 N–H and O–H groups in total. The molecule has 2 fully saturated rings. The molecule has 2 aliphatic rings. The molecule has 4 aromatic rings. The van der Waals surface area contributed by atoms with Crippen LogP contribution in [0.4, 0.5) is 10.6 Å². The number of likely N-dealkylation sites (tertiary alicyclic amines) is 1. The first kappa shape index (κ1) is 32.3. The third-order valence-electron chi connectivity index (χ3n) is 8.14. The number of nitrogens with zero attached hydrogens (tertiary/aromatic N) is 6. The van der Waals surface area contributed by atoms with Gasteiger partial charge < -0.3 is 19.4 Å². The average Bonchev–Trinajstić information content (AvgIpc) is 3.83. The zero-order valence-corrected chi connectivity index (χ0v) is 28.1. The van der Waals surface area contributed by atoms with Crippen LogP contribution in [0.25, 0.3) is 11.5 Å². The predicted octanol–water partition coefficient (Wildman–Crippen LogP) is 5.98. The number of anilines is 1. The van der Waals surface area contributed by atoms with E-state index in [0.29, 0.717) is 43.7 Å². The molecule has 0 saturated carbocycles. The maximum absolute atomic E-state index is 14.1. The summed E-state index contributed by atoms with van der Waals surface area (Å²) in [6.07, 6.45) is 2.49. The van der Waals surface area contributed by atoms with Gasteiger partial charge in [0.1, 0.15) is 27.7 Å². The quantitative estimate of drug-likeness (QED) is 0.242. The number of alkyl carbamates (subject to hydrolysis) is 1. The molecular formula is C34H39N7O5S. The molecule has 2 saturated heterocycles. The fourth-order valence-electron chi connectivity index (χ4n) is 5.99. The second kappa shape index (κ2) is 12.9. The fourth-order valence-corrected chi connectivity index (χ4v) is 6.93. The summed E-state index contributed by atoms with van der Waals surface area (Å²) in [6.45, 7) is 10.2. The third-order valence-corrected chi connectivity index (χ3v) is 9.20. The van der Waals surface area contributed by atoms with E-state index >= 15 is 0 Å². The van der Waals surface area contributed by atoms with Gasteiger partial charge >= 0.3 is 6.09 Å². The Morgan fingerprint density at radius 3 is 2.53 bits per heavy atom. The van der Waals surface area contributed by atoms with Crippen LogP contribution in [0.3, 0.4) is 0 Å². The Balaban J connectivity index is 1.37. The summed E-state index contributed by atoms with van der Waals surface area (Å²) >= 11 is 1.55. The molecule has 2 atom stereocenters. The summed E-state index contributed by atoms with van der Waals surface area (Å²) in [4.78, 5) is 52.6. The molecule has 13 heteroatoms. The van der Waals surface area contributed by atoms with Crippen molar-refractivity contribution < 1.29 is 23.5 Å². The summed E-state index contributed by atoms with van der Waals surface area (Å²) in [5, 5.41) is 14.6. The van der Waals surface area contributed by atoms with E-state index in [0.717, 1.165) is 29.1 Å². The van der Waals surface area contributed by atoms with Gasteiger partial charge in [-0.2, -0.15) is 0 Å². The van der Waals surface area contributed by atoms with Crippen LogP contribution in [0.5, 0.6) is 0 Å². The standard InChI is InChI=1S/C34H39N7O5S/c1-21-20-47-29(35-21)25-13-9-15-40(25)30(43)24-17-23(18-26(36-24)41-16-10-14-27(41)42)28-38-39-31(45-28)34(5,19-22-11-7-6-8-12-22)37-32(44)46-33(2,3)4/h6-8,11-12,17-18,20,25H,9-10,13-16,19H2,1-5H3,(H,37,44)/t25-,34-/m1/s1. The van der Waals surface area contributed by atoms with E-state index in [-0.39, 0.29) is 35.3 Å². The number of carbonyl (C=O) groups excluding carboxylic acids is 3.